The number of fused-ring (bicyclic) bond motifs is 8. The van der Waals surface area contributed by atoms with Gasteiger partial charge in [-0.25, -0.2) is 9.97 Å². The Bertz CT molecular complexity index is 2030. The lowest BCUT2D eigenvalue weighted by Crippen LogP contribution is -2.08. The van der Waals surface area contributed by atoms with Crippen LogP contribution in [0.1, 0.15) is 47.1 Å². The molecule has 44 heavy (non-hydrogen) atoms. The zero-order chi connectivity index (χ0) is 31.1. The maximum absolute atomic E-state index is 11.8. The van der Waals surface area contributed by atoms with Gasteiger partial charge in [-0.15, -0.1) is 0 Å². The molecule has 8 bridgehead atoms. The zero-order valence-corrected chi connectivity index (χ0v) is 26.6. The van der Waals surface area contributed by atoms with E-state index in [1.807, 2.05) is 85.0 Å². The van der Waals surface area contributed by atoms with Crippen LogP contribution in [0.5, 0.6) is 0 Å². The summed E-state index contributed by atoms with van der Waals surface area (Å²) in [6, 6.07) is 19.5. The van der Waals surface area contributed by atoms with Crippen LogP contribution in [0.2, 0.25) is 0 Å². The maximum Gasteiger partial charge on any atom is 0.325 e. The molecule has 4 aromatic rings. The summed E-state index contributed by atoms with van der Waals surface area (Å²) >= 11 is 3.52. The molecule has 3 aromatic heterocycles. The first-order chi connectivity index (χ1) is 20.9. The Balaban J connectivity index is 1.60. The molecule has 2 aliphatic heterocycles. The van der Waals surface area contributed by atoms with Crippen LogP contribution >= 0.6 is 31.1 Å². The largest absolute Gasteiger partial charge is 0.355 e. The molecular formula is C31H29BrN4O6P2. The first kappa shape index (κ1) is 30.6. The van der Waals surface area contributed by atoms with Gasteiger partial charge in [-0.05, 0) is 97.2 Å². The molecule has 0 saturated heterocycles. The van der Waals surface area contributed by atoms with Gasteiger partial charge >= 0.3 is 15.2 Å². The lowest BCUT2D eigenvalue weighted by atomic mass is 9.92. The van der Waals surface area contributed by atoms with Crippen molar-refractivity contribution >= 4 is 77.5 Å². The molecule has 0 atom stereocenters. The van der Waals surface area contributed by atoms with Crippen molar-refractivity contribution in [3.8, 4) is 11.1 Å². The monoisotopic (exact) mass is 694 g/mol. The number of rotatable bonds is 8. The van der Waals surface area contributed by atoms with Gasteiger partial charge in [-0.2, -0.15) is 0 Å². The van der Waals surface area contributed by atoms with E-state index in [0.29, 0.717) is 22.5 Å². The molecule has 0 spiro atoms. The summed E-state index contributed by atoms with van der Waals surface area (Å²) in [5, 5.41) is 0. The number of hydrogen-bond acceptors (Lipinski definition) is 4. The predicted molar refractivity (Wildman–Crippen MR) is 178 cm³/mol. The van der Waals surface area contributed by atoms with Gasteiger partial charge < -0.3 is 29.5 Å². The predicted octanol–water partition coefficient (Wildman–Crippen LogP) is 7.30. The summed E-state index contributed by atoms with van der Waals surface area (Å²) in [4.78, 5) is 55.2. The fourth-order valence-electron chi connectivity index (χ4n) is 5.53. The van der Waals surface area contributed by atoms with Crippen LogP contribution in [0.4, 0.5) is 0 Å². The van der Waals surface area contributed by atoms with Crippen LogP contribution in [-0.2, 0) is 9.13 Å². The van der Waals surface area contributed by atoms with E-state index >= 15 is 0 Å². The number of aromatic amines is 2. The SMILES string of the molecule is O=P(O)(O)CCC(CCP(=O)(O)O)c1c2nc(cc3ccc([nH]3)c(-c3ccc(Br)cc3)c3nc(cc4ccc1[nH]4)C=C3)C=C2. The molecule has 0 saturated carbocycles. The topological polar surface area (TPSA) is 172 Å². The van der Waals surface area contributed by atoms with Crippen LogP contribution in [0, 0.1) is 0 Å². The molecule has 6 rings (SSSR count). The third-order valence-corrected chi connectivity index (χ3v) is 9.73. The lowest BCUT2D eigenvalue weighted by molar-refractivity contribution is 0.366. The Kier molecular flexibility index (Phi) is 8.48. The Morgan fingerprint density at radius 1 is 0.682 bits per heavy atom. The summed E-state index contributed by atoms with van der Waals surface area (Å²) in [7, 11) is -8.74. The second-order valence-corrected chi connectivity index (χ2v) is 15.3. The molecule has 0 amide bonds. The van der Waals surface area contributed by atoms with Crippen molar-refractivity contribution in [3.05, 3.63) is 93.5 Å². The smallest absolute Gasteiger partial charge is 0.325 e. The van der Waals surface area contributed by atoms with Gasteiger partial charge in [0.25, 0.3) is 0 Å². The first-order valence-corrected chi connectivity index (χ1v) is 18.2. The number of nitrogens with zero attached hydrogens (tertiary/aromatic N) is 2. The first-order valence-electron chi connectivity index (χ1n) is 13.9. The molecule has 10 nitrogen and oxygen atoms in total. The van der Waals surface area contributed by atoms with Gasteiger partial charge in [0.2, 0.25) is 0 Å². The average Bonchev–Trinajstić information content (AvgIpc) is 3.76. The molecule has 0 unspecified atom stereocenters. The highest BCUT2D eigenvalue weighted by Gasteiger charge is 2.26. The summed E-state index contributed by atoms with van der Waals surface area (Å²) in [6.45, 7) is 0. The highest BCUT2D eigenvalue weighted by Crippen LogP contribution is 2.44. The molecular weight excluding hydrogens is 666 g/mol. The molecule has 13 heteroatoms. The van der Waals surface area contributed by atoms with E-state index in [-0.39, 0.29) is 12.8 Å². The molecule has 0 fully saturated rings. The van der Waals surface area contributed by atoms with Gasteiger partial charge in [0, 0.05) is 37.7 Å². The van der Waals surface area contributed by atoms with Crippen LogP contribution < -0.4 is 0 Å². The molecule has 1 aromatic carbocycles. The van der Waals surface area contributed by atoms with Crippen molar-refractivity contribution in [2.24, 2.45) is 0 Å². The average molecular weight is 695 g/mol. The van der Waals surface area contributed by atoms with Crippen molar-refractivity contribution < 1.29 is 28.7 Å². The zero-order valence-electron chi connectivity index (χ0n) is 23.3. The normalized spacial score (nSPS) is 13.2. The van der Waals surface area contributed by atoms with E-state index in [1.165, 1.54) is 0 Å². The number of benzene rings is 1. The molecule has 2 aliphatic rings. The molecule has 0 radical (unpaired) electrons. The second kappa shape index (κ2) is 12.2. The summed E-state index contributed by atoms with van der Waals surface area (Å²) in [5.74, 6) is -0.591. The van der Waals surface area contributed by atoms with E-state index in [9.17, 15) is 28.7 Å². The van der Waals surface area contributed by atoms with E-state index in [0.717, 1.165) is 43.5 Å². The third kappa shape index (κ3) is 7.28. The molecule has 5 heterocycles. The van der Waals surface area contributed by atoms with Crippen molar-refractivity contribution in [3.63, 3.8) is 0 Å². The van der Waals surface area contributed by atoms with Crippen molar-refractivity contribution in [1.29, 1.82) is 0 Å². The van der Waals surface area contributed by atoms with Gasteiger partial charge in [0.15, 0.2) is 0 Å². The maximum atomic E-state index is 11.8. The Morgan fingerprint density at radius 2 is 1.20 bits per heavy atom. The fraction of sp³-hybridized carbons (Fsp3) is 0.161. The quantitative estimate of drug-likeness (QED) is 0.0900. The van der Waals surface area contributed by atoms with Gasteiger partial charge in [0.1, 0.15) is 0 Å². The molecule has 226 valence electrons. The van der Waals surface area contributed by atoms with E-state index in [4.69, 9.17) is 9.97 Å². The summed E-state index contributed by atoms with van der Waals surface area (Å²) in [5.41, 5.74) is 8.38. The highest BCUT2D eigenvalue weighted by atomic mass is 79.9. The van der Waals surface area contributed by atoms with Gasteiger partial charge in [-0.3, -0.25) is 9.13 Å². The third-order valence-electron chi connectivity index (χ3n) is 7.52. The minimum Gasteiger partial charge on any atom is -0.355 e. The number of nitrogens with one attached hydrogen (secondary N) is 2. The van der Waals surface area contributed by atoms with Crippen LogP contribution in [0.25, 0.3) is 57.5 Å². The number of H-pyrrole nitrogens is 2. The van der Waals surface area contributed by atoms with Crippen LogP contribution in [0.3, 0.4) is 0 Å². The van der Waals surface area contributed by atoms with Crippen molar-refractivity contribution in [1.82, 2.24) is 19.9 Å². The Labute approximate surface area is 261 Å². The van der Waals surface area contributed by atoms with Crippen LogP contribution in [-0.4, -0.2) is 51.8 Å². The van der Waals surface area contributed by atoms with E-state index in [2.05, 4.69) is 25.9 Å². The second-order valence-electron chi connectivity index (χ2n) is 10.8. The van der Waals surface area contributed by atoms with E-state index < -0.39 is 33.4 Å². The number of aromatic nitrogens is 4. The minimum absolute atomic E-state index is 0.0199. The Hall–Kier alpha value is -3.40. The number of hydrogen-bond donors (Lipinski definition) is 6. The van der Waals surface area contributed by atoms with Crippen LogP contribution in [0.15, 0.2) is 65.1 Å². The summed E-state index contributed by atoms with van der Waals surface area (Å²) < 4.78 is 24.7. The summed E-state index contributed by atoms with van der Waals surface area (Å²) in [6.07, 6.45) is 6.75. The van der Waals surface area contributed by atoms with E-state index in [1.54, 1.807) is 0 Å². The van der Waals surface area contributed by atoms with Crippen molar-refractivity contribution in [2.75, 3.05) is 12.3 Å². The molecule has 0 aliphatic carbocycles. The van der Waals surface area contributed by atoms with Crippen molar-refractivity contribution in [2.45, 2.75) is 18.8 Å². The van der Waals surface area contributed by atoms with Gasteiger partial charge in [0.05, 0.1) is 35.1 Å². The standard InChI is InChI=1S/C31H29BrN4O6P2/c32-21-3-1-19(2-4-21)30-26-9-5-22(33-26)17-24-7-11-28(35-24)31(20(13-15-43(37,38)39)14-16-44(40,41)42)29-12-8-25(36-29)18-23-6-10-27(30)34-23/h1-12,17-18,20,33,36H,13-16H2,(H2,37,38,39)(H2,40,41,42). The highest BCUT2D eigenvalue weighted by molar-refractivity contribution is 9.10. The lowest BCUT2D eigenvalue weighted by Gasteiger charge is -2.19. The number of halogens is 1. The fourth-order valence-corrected chi connectivity index (χ4v) is 7.09. The minimum atomic E-state index is -4.37. The molecule has 6 N–H and O–H groups in total. The Morgan fingerprint density at radius 3 is 1.80 bits per heavy atom. The van der Waals surface area contributed by atoms with Gasteiger partial charge in [-0.1, -0.05) is 28.1 Å².